The van der Waals surface area contributed by atoms with Gasteiger partial charge in [0.25, 0.3) is 0 Å². The maximum absolute atomic E-state index is 11.9. The zero-order valence-corrected chi connectivity index (χ0v) is 12.4. The number of amidine groups is 1. The molecular weight excluding hydrogens is 242 g/mol. The molecule has 5 nitrogen and oxygen atoms in total. The molecular formula is C14H25N3O2. The fourth-order valence-electron chi connectivity index (χ4n) is 1.68. The van der Waals surface area contributed by atoms with Gasteiger partial charge in [-0.2, -0.15) is 0 Å². The predicted octanol–water partition coefficient (Wildman–Crippen LogP) is 2.19. The van der Waals surface area contributed by atoms with Crippen molar-refractivity contribution in [1.82, 2.24) is 10.2 Å². The van der Waals surface area contributed by atoms with Crippen LogP contribution in [0.1, 0.15) is 34.1 Å². The van der Waals surface area contributed by atoms with E-state index in [0.29, 0.717) is 19.6 Å². The molecule has 0 aromatic rings. The molecule has 1 amide bonds. The van der Waals surface area contributed by atoms with Gasteiger partial charge < -0.3 is 10.1 Å². The Kier molecular flexibility index (Phi) is 5.86. The molecule has 1 heterocycles. The minimum Gasteiger partial charge on any atom is -0.444 e. The quantitative estimate of drug-likeness (QED) is 0.630. The third-order valence-electron chi connectivity index (χ3n) is 2.54. The van der Waals surface area contributed by atoms with Crippen LogP contribution in [0.5, 0.6) is 0 Å². The van der Waals surface area contributed by atoms with Crippen LogP contribution in [0.3, 0.4) is 0 Å². The summed E-state index contributed by atoms with van der Waals surface area (Å²) in [6, 6.07) is 0. The average Bonchev–Trinajstić information content (AvgIpc) is 2.33. The van der Waals surface area contributed by atoms with Crippen LogP contribution >= 0.6 is 0 Å². The number of hydrogen-bond donors (Lipinski definition) is 1. The summed E-state index contributed by atoms with van der Waals surface area (Å²) in [5.41, 5.74) is -0.453. The fourth-order valence-corrected chi connectivity index (χ4v) is 1.68. The van der Waals surface area contributed by atoms with E-state index in [-0.39, 0.29) is 6.09 Å². The molecule has 0 radical (unpaired) electrons. The first-order valence-corrected chi connectivity index (χ1v) is 6.78. The molecule has 0 saturated heterocycles. The molecule has 19 heavy (non-hydrogen) atoms. The van der Waals surface area contributed by atoms with Gasteiger partial charge in [-0.1, -0.05) is 12.2 Å². The van der Waals surface area contributed by atoms with E-state index in [9.17, 15) is 4.79 Å². The van der Waals surface area contributed by atoms with E-state index < -0.39 is 5.60 Å². The highest BCUT2D eigenvalue weighted by atomic mass is 16.6. The molecule has 1 aliphatic rings. The summed E-state index contributed by atoms with van der Waals surface area (Å²) in [5.74, 6) is 0.863. The smallest absolute Gasteiger partial charge is 0.410 e. The molecule has 5 heteroatoms. The van der Waals surface area contributed by atoms with E-state index in [4.69, 9.17) is 4.74 Å². The lowest BCUT2D eigenvalue weighted by atomic mass is 10.2. The van der Waals surface area contributed by atoms with Crippen molar-refractivity contribution in [2.24, 2.45) is 4.99 Å². The highest BCUT2D eigenvalue weighted by Crippen LogP contribution is 2.10. The second-order valence-electron chi connectivity index (χ2n) is 5.51. The number of carbonyl (C=O) groups excluding carboxylic acids is 1. The standard InChI is InChI=1S/C14H25N3O2/c1-5-6-7-8-15-12-11-17(10-9-16-12)13(18)19-14(2,3)4/h5-6H,7-11H2,1-4H3,(H,15,16)/b6-5+. The van der Waals surface area contributed by atoms with Crippen molar-refractivity contribution in [2.75, 3.05) is 26.2 Å². The summed E-state index contributed by atoms with van der Waals surface area (Å²) < 4.78 is 5.36. The third kappa shape index (κ3) is 6.27. The maximum atomic E-state index is 11.9. The molecule has 0 saturated carbocycles. The zero-order chi connectivity index (χ0) is 14.3. The lowest BCUT2D eigenvalue weighted by molar-refractivity contribution is 0.0276. The van der Waals surface area contributed by atoms with Crippen molar-refractivity contribution in [1.29, 1.82) is 0 Å². The predicted molar refractivity (Wildman–Crippen MR) is 77.5 cm³/mol. The molecule has 108 valence electrons. The van der Waals surface area contributed by atoms with Gasteiger partial charge >= 0.3 is 6.09 Å². The number of rotatable bonds is 3. The highest BCUT2D eigenvalue weighted by molar-refractivity contribution is 5.87. The largest absolute Gasteiger partial charge is 0.444 e. The van der Waals surface area contributed by atoms with Gasteiger partial charge in [-0.05, 0) is 34.1 Å². The molecule has 0 aromatic carbocycles. The van der Waals surface area contributed by atoms with Gasteiger partial charge in [0.05, 0.1) is 13.1 Å². The van der Waals surface area contributed by atoms with E-state index in [2.05, 4.69) is 16.4 Å². The molecule has 0 unspecified atom stereocenters. The number of aliphatic imine (C=N–C) groups is 1. The van der Waals surface area contributed by atoms with Crippen LogP contribution in [0.4, 0.5) is 4.79 Å². The van der Waals surface area contributed by atoms with Crippen LogP contribution in [0.2, 0.25) is 0 Å². The zero-order valence-electron chi connectivity index (χ0n) is 12.4. The maximum Gasteiger partial charge on any atom is 0.410 e. The van der Waals surface area contributed by atoms with Crippen LogP contribution in [-0.4, -0.2) is 48.6 Å². The Morgan fingerprint density at radius 2 is 2.26 bits per heavy atom. The van der Waals surface area contributed by atoms with Crippen LogP contribution in [0.25, 0.3) is 0 Å². The summed E-state index contributed by atoms with van der Waals surface area (Å²) >= 11 is 0. The lowest BCUT2D eigenvalue weighted by Gasteiger charge is -2.29. The minimum atomic E-state index is -0.453. The molecule has 1 rings (SSSR count). The van der Waals surface area contributed by atoms with Gasteiger partial charge in [0, 0.05) is 13.1 Å². The normalized spacial score (nSPS) is 16.4. The summed E-state index contributed by atoms with van der Waals surface area (Å²) in [6.07, 6.45) is 4.82. The number of nitrogens with one attached hydrogen (secondary N) is 1. The first kappa shape index (κ1) is 15.5. The Balaban J connectivity index is 2.40. The molecule has 0 aromatic heterocycles. The lowest BCUT2D eigenvalue weighted by Crippen LogP contribution is -2.47. The molecule has 0 aliphatic carbocycles. The topological polar surface area (TPSA) is 53.9 Å². The van der Waals surface area contributed by atoms with Crippen molar-refractivity contribution in [3.05, 3.63) is 12.2 Å². The van der Waals surface area contributed by atoms with Crippen molar-refractivity contribution in [3.63, 3.8) is 0 Å². The van der Waals surface area contributed by atoms with Gasteiger partial charge in [-0.25, -0.2) is 4.79 Å². The fraction of sp³-hybridized carbons (Fsp3) is 0.714. The van der Waals surface area contributed by atoms with Gasteiger partial charge in [-0.3, -0.25) is 9.89 Å². The molecule has 0 bridgehead atoms. The molecule has 0 atom stereocenters. The molecule has 0 fully saturated rings. The van der Waals surface area contributed by atoms with Crippen LogP contribution in [0, 0.1) is 0 Å². The first-order valence-electron chi connectivity index (χ1n) is 6.78. The number of nitrogens with zero attached hydrogens (tertiary/aromatic N) is 2. The average molecular weight is 267 g/mol. The second kappa shape index (κ2) is 7.16. The summed E-state index contributed by atoms with van der Waals surface area (Å²) in [5, 5.41) is 3.25. The Morgan fingerprint density at radius 3 is 2.89 bits per heavy atom. The van der Waals surface area contributed by atoms with Gasteiger partial charge in [-0.15, -0.1) is 0 Å². The Labute approximate surface area is 115 Å². The van der Waals surface area contributed by atoms with Gasteiger partial charge in [0.1, 0.15) is 11.4 Å². The van der Waals surface area contributed by atoms with Gasteiger partial charge in [0.15, 0.2) is 0 Å². The second-order valence-corrected chi connectivity index (χ2v) is 5.51. The summed E-state index contributed by atoms with van der Waals surface area (Å²) in [6.45, 7) is 10.2. The molecule has 1 N–H and O–H groups in total. The van der Waals surface area contributed by atoms with E-state index in [1.807, 2.05) is 33.8 Å². The Hall–Kier alpha value is -1.52. The van der Waals surface area contributed by atoms with Crippen LogP contribution in [0.15, 0.2) is 17.1 Å². The summed E-state index contributed by atoms with van der Waals surface area (Å²) in [4.78, 5) is 18.0. The monoisotopic (exact) mass is 267 g/mol. The van der Waals surface area contributed by atoms with Gasteiger partial charge in [0.2, 0.25) is 0 Å². The van der Waals surface area contributed by atoms with E-state index in [0.717, 1.165) is 18.8 Å². The highest BCUT2D eigenvalue weighted by Gasteiger charge is 2.24. The number of hydrogen-bond acceptors (Lipinski definition) is 4. The van der Waals surface area contributed by atoms with Crippen molar-refractivity contribution in [2.45, 2.75) is 39.7 Å². The van der Waals surface area contributed by atoms with Crippen LogP contribution < -0.4 is 5.32 Å². The van der Waals surface area contributed by atoms with Crippen LogP contribution in [-0.2, 0) is 4.74 Å². The first-order chi connectivity index (χ1) is 8.92. The van der Waals surface area contributed by atoms with E-state index in [1.165, 1.54) is 0 Å². The van der Waals surface area contributed by atoms with E-state index in [1.54, 1.807) is 4.90 Å². The van der Waals surface area contributed by atoms with Crippen molar-refractivity contribution < 1.29 is 9.53 Å². The van der Waals surface area contributed by atoms with Crippen molar-refractivity contribution in [3.8, 4) is 0 Å². The number of carbonyl (C=O) groups is 1. The molecule has 0 spiro atoms. The SMILES string of the molecule is C/C=C/CCNC1=NCCN(C(=O)OC(C)(C)C)C1. The number of amides is 1. The number of allylic oxidation sites excluding steroid dienone is 1. The Morgan fingerprint density at radius 1 is 1.53 bits per heavy atom. The number of ether oxygens (including phenoxy) is 1. The minimum absolute atomic E-state index is 0.268. The van der Waals surface area contributed by atoms with E-state index >= 15 is 0 Å². The Bertz CT molecular complexity index is 356. The third-order valence-corrected chi connectivity index (χ3v) is 2.54. The summed E-state index contributed by atoms with van der Waals surface area (Å²) in [7, 11) is 0. The molecule has 1 aliphatic heterocycles. The van der Waals surface area contributed by atoms with Crippen molar-refractivity contribution >= 4 is 11.9 Å².